The summed E-state index contributed by atoms with van der Waals surface area (Å²) in [7, 11) is -2.42. The average Bonchev–Trinajstić information content (AvgIpc) is 3.52. The van der Waals surface area contributed by atoms with Gasteiger partial charge in [-0.25, -0.2) is 8.42 Å². The summed E-state index contributed by atoms with van der Waals surface area (Å²) in [6, 6.07) is 8.10. The lowest BCUT2D eigenvalue weighted by atomic mass is 10.1. The smallest absolute Gasteiger partial charge is 0.271 e. The van der Waals surface area contributed by atoms with Gasteiger partial charge in [0, 0.05) is 17.7 Å². The highest BCUT2D eigenvalue weighted by molar-refractivity contribution is 7.94. The number of amides is 1. The number of thiophene rings is 1. The van der Waals surface area contributed by atoms with Gasteiger partial charge in [0.25, 0.3) is 10.0 Å². The predicted octanol–water partition coefficient (Wildman–Crippen LogP) is 3.21. The van der Waals surface area contributed by atoms with Crippen molar-refractivity contribution in [3.8, 4) is 17.2 Å². The molecule has 9 nitrogen and oxygen atoms in total. The van der Waals surface area contributed by atoms with Crippen LogP contribution < -0.4 is 24.2 Å². The number of hydrogen-bond donors (Lipinski definition) is 2. The second kappa shape index (κ2) is 8.74. The van der Waals surface area contributed by atoms with Crippen molar-refractivity contribution in [3.63, 3.8) is 0 Å². The van der Waals surface area contributed by atoms with Crippen LogP contribution in [0.2, 0.25) is 0 Å². The van der Waals surface area contributed by atoms with E-state index in [0.29, 0.717) is 22.8 Å². The molecule has 1 aliphatic heterocycles. The molecule has 1 aliphatic rings. The molecule has 2 aromatic heterocycles. The number of benzene rings is 1. The van der Waals surface area contributed by atoms with Gasteiger partial charge in [-0.1, -0.05) is 6.07 Å². The van der Waals surface area contributed by atoms with Crippen molar-refractivity contribution >= 4 is 39.0 Å². The number of furan rings is 1. The highest BCUT2D eigenvalue weighted by Crippen LogP contribution is 2.47. The maximum atomic E-state index is 12.8. The molecule has 0 spiro atoms. The van der Waals surface area contributed by atoms with Gasteiger partial charge in [0.05, 0.1) is 25.6 Å². The number of carbonyl (C=O) groups excluding carboxylic acids is 1. The first-order chi connectivity index (χ1) is 15.0. The molecule has 1 amide bonds. The number of hydrogen-bond acceptors (Lipinski definition) is 8. The molecule has 11 heteroatoms. The first kappa shape index (κ1) is 20.8. The number of ether oxygens (including phenoxy) is 3. The van der Waals surface area contributed by atoms with Crippen LogP contribution in [0.25, 0.3) is 6.08 Å². The van der Waals surface area contributed by atoms with Crippen molar-refractivity contribution in [2.45, 2.75) is 10.8 Å². The Morgan fingerprint density at radius 1 is 1.29 bits per heavy atom. The van der Waals surface area contributed by atoms with Gasteiger partial charge in [0.2, 0.25) is 18.4 Å². The minimum atomic E-state index is -3.84. The third-order valence-corrected chi connectivity index (χ3v) is 7.05. The number of rotatable bonds is 8. The number of anilines is 1. The van der Waals surface area contributed by atoms with Crippen LogP contribution in [0.15, 0.2) is 56.7 Å². The second-order valence-corrected chi connectivity index (χ2v) is 9.13. The zero-order valence-corrected chi connectivity index (χ0v) is 17.9. The highest BCUT2D eigenvalue weighted by Gasteiger charge is 2.27. The van der Waals surface area contributed by atoms with Crippen LogP contribution in [0.4, 0.5) is 5.69 Å². The number of nitrogens with one attached hydrogen (secondary N) is 2. The van der Waals surface area contributed by atoms with Crippen molar-refractivity contribution in [2.24, 2.45) is 0 Å². The second-order valence-electron chi connectivity index (χ2n) is 6.27. The summed E-state index contributed by atoms with van der Waals surface area (Å²) in [6.07, 6.45) is 4.23. The maximum Gasteiger partial charge on any atom is 0.271 e. The lowest BCUT2D eigenvalue weighted by Gasteiger charge is -2.15. The summed E-state index contributed by atoms with van der Waals surface area (Å²) in [5, 5.41) is 4.35. The van der Waals surface area contributed by atoms with Crippen LogP contribution >= 0.6 is 11.3 Å². The summed E-state index contributed by atoms with van der Waals surface area (Å²) in [6.45, 7) is 0.186. The van der Waals surface area contributed by atoms with Gasteiger partial charge in [-0.05, 0) is 29.7 Å². The molecule has 4 rings (SSSR count). The summed E-state index contributed by atoms with van der Waals surface area (Å²) < 4.78 is 49.7. The fourth-order valence-corrected chi connectivity index (χ4v) is 4.96. The third kappa shape index (κ3) is 4.52. The summed E-state index contributed by atoms with van der Waals surface area (Å²) in [5.41, 5.74) is 0.504. The Hall–Kier alpha value is -3.44. The molecule has 1 aromatic carbocycles. The van der Waals surface area contributed by atoms with E-state index in [4.69, 9.17) is 18.6 Å². The van der Waals surface area contributed by atoms with Crippen LogP contribution in [0.3, 0.4) is 0 Å². The lowest BCUT2D eigenvalue weighted by Crippen LogP contribution is -2.19. The van der Waals surface area contributed by atoms with Gasteiger partial charge in [0.15, 0.2) is 11.5 Å². The van der Waals surface area contributed by atoms with Crippen molar-refractivity contribution < 1.29 is 31.8 Å². The van der Waals surface area contributed by atoms with E-state index in [9.17, 15) is 13.2 Å². The van der Waals surface area contributed by atoms with Crippen LogP contribution in [0, 0.1) is 0 Å². The van der Waals surface area contributed by atoms with Crippen molar-refractivity contribution in [1.82, 2.24) is 5.32 Å². The monoisotopic (exact) mass is 462 g/mol. The summed E-state index contributed by atoms with van der Waals surface area (Å²) >= 11 is 1.09. The van der Waals surface area contributed by atoms with Crippen LogP contribution in [0.1, 0.15) is 11.3 Å². The van der Waals surface area contributed by atoms with Crippen molar-refractivity contribution in [3.05, 3.63) is 59.4 Å². The Morgan fingerprint density at radius 3 is 2.87 bits per heavy atom. The van der Waals surface area contributed by atoms with E-state index in [1.807, 2.05) is 0 Å². The lowest BCUT2D eigenvalue weighted by molar-refractivity contribution is -0.116. The molecule has 0 fully saturated rings. The molecule has 0 atom stereocenters. The number of carbonyl (C=O) groups is 1. The number of methoxy groups -OCH3 is 1. The average molecular weight is 463 g/mol. The van der Waals surface area contributed by atoms with E-state index in [0.717, 1.165) is 11.3 Å². The molecule has 3 aromatic rings. The quantitative estimate of drug-likeness (QED) is 0.494. The van der Waals surface area contributed by atoms with E-state index >= 15 is 0 Å². The first-order valence-corrected chi connectivity index (χ1v) is 11.4. The van der Waals surface area contributed by atoms with E-state index < -0.39 is 15.9 Å². The molecule has 0 saturated carbocycles. The minimum absolute atomic E-state index is 0.0282. The predicted molar refractivity (Wildman–Crippen MR) is 114 cm³/mol. The van der Waals surface area contributed by atoms with Crippen molar-refractivity contribution in [1.29, 1.82) is 0 Å². The highest BCUT2D eigenvalue weighted by atomic mass is 32.2. The van der Waals surface area contributed by atoms with Gasteiger partial charge < -0.3 is 23.9 Å². The fraction of sp³-hybridized carbons (Fsp3) is 0.150. The van der Waals surface area contributed by atoms with Crippen molar-refractivity contribution in [2.75, 3.05) is 18.6 Å². The molecular weight excluding hydrogens is 444 g/mol. The molecule has 0 radical (unpaired) electrons. The van der Waals surface area contributed by atoms with E-state index in [1.165, 1.54) is 37.7 Å². The molecule has 0 unspecified atom stereocenters. The van der Waals surface area contributed by atoms with Crippen LogP contribution in [-0.4, -0.2) is 28.2 Å². The Morgan fingerprint density at radius 2 is 2.16 bits per heavy atom. The van der Waals surface area contributed by atoms with Gasteiger partial charge in [-0.3, -0.25) is 9.52 Å². The zero-order valence-electron chi connectivity index (χ0n) is 16.3. The normalized spacial score (nSPS) is 12.8. The van der Waals surface area contributed by atoms with Crippen LogP contribution in [-0.2, 0) is 21.4 Å². The van der Waals surface area contributed by atoms with Gasteiger partial charge in [0.1, 0.15) is 9.97 Å². The zero-order chi connectivity index (χ0) is 21.8. The molecule has 2 N–H and O–H groups in total. The summed E-state index contributed by atoms with van der Waals surface area (Å²) in [5.74, 6) is 1.11. The Bertz CT molecular complexity index is 1200. The van der Waals surface area contributed by atoms with E-state index in [1.54, 1.807) is 23.6 Å². The Kier molecular flexibility index (Phi) is 5.87. The topological polar surface area (TPSA) is 116 Å². The fourth-order valence-electron chi connectivity index (χ4n) is 2.90. The molecule has 0 saturated heterocycles. The first-order valence-electron chi connectivity index (χ1n) is 9.03. The van der Waals surface area contributed by atoms with E-state index in [2.05, 4.69) is 10.0 Å². The number of sulfonamides is 1. The SMILES string of the molecule is COc1c(/C=C/C(=O)NCc2ccco2)c(NS(=O)(=O)c2cccs2)cc2c1OCO2. The maximum absolute atomic E-state index is 12.8. The minimum Gasteiger partial charge on any atom is -0.492 e. The standard InChI is InChI=1S/C20H18N2O7S2/c1-26-19-14(6-7-17(23)21-11-13-4-2-8-27-13)15(10-16-20(19)29-12-28-16)22-31(24,25)18-5-3-9-30-18/h2-10,22H,11-12H2,1H3,(H,21,23)/b7-6+. The van der Waals surface area contributed by atoms with E-state index in [-0.39, 0.29) is 29.0 Å². The molecular formula is C20H18N2O7S2. The van der Waals surface area contributed by atoms with Gasteiger partial charge in [-0.15, -0.1) is 11.3 Å². The molecule has 31 heavy (non-hydrogen) atoms. The van der Waals surface area contributed by atoms with Gasteiger partial charge in [-0.2, -0.15) is 0 Å². The molecule has 3 heterocycles. The Labute approximate surface area is 182 Å². The Balaban J connectivity index is 1.65. The number of fused-ring (bicyclic) bond motifs is 1. The van der Waals surface area contributed by atoms with Crippen LogP contribution in [0.5, 0.6) is 17.2 Å². The van der Waals surface area contributed by atoms with Gasteiger partial charge >= 0.3 is 0 Å². The largest absolute Gasteiger partial charge is 0.492 e. The summed E-state index contributed by atoms with van der Waals surface area (Å²) in [4.78, 5) is 12.3. The molecule has 0 bridgehead atoms. The molecule has 162 valence electrons. The third-order valence-electron chi connectivity index (χ3n) is 4.28. The molecule has 0 aliphatic carbocycles.